The maximum absolute atomic E-state index is 12.1. The van der Waals surface area contributed by atoms with Gasteiger partial charge in [0.2, 0.25) is 5.91 Å². The minimum atomic E-state index is -0.518. The highest BCUT2D eigenvalue weighted by Crippen LogP contribution is 2.36. The molecule has 2 heterocycles. The zero-order chi connectivity index (χ0) is 18.5. The van der Waals surface area contributed by atoms with Crippen LogP contribution in [0, 0.1) is 0 Å². The van der Waals surface area contributed by atoms with E-state index in [4.69, 9.17) is 9.31 Å². The van der Waals surface area contributed by atoms with Gasteiger partial charge in [-0.2, -0.15) is 0 Å². The topological polar surface area (TPSA) is 60.5 Å². The number of pyridine rings is 1. The summed E-state index contributed by atoms with van der Waals surface area (Å²) in [7, 11) is -0.518. The summed E-state index contributed by atoms with van der Waals surface area (Å²) in [5, 5.41) is 2.95. The Labute approximate surface area is 152 Å². The summed E-state index contributed by atoms with van der Waals surface area (Å²) >= 11 is 0. The van der Waals surface area contributed by atoms with Crippen molar-refractivity contribution in [3.63, 3.8) is 0 Å². The number of carbonyl (C=O) groups excluding carboxylic acids is 1. The molecule has 0 radical (unpaired) electrons. The lowest BCUT2D eigenvalue weighted by atomic mass is 9.84. The average molecular weight is 346 g/mol. The lowest BCUT2D eigenvalue weighted by Gasteiger charge is -2.32. The van der Waals surface area contributed by atoms with Gasteiger partial charge in [-0.15, -0.1) is 0 Å². The van der Waals surface area contributed by atoms with E-state index < -0.39 is 18.3 Å². The Kier molecular flexibility index (Phi) is 6.63. The molecule has 0 spiro atoms. The van der Waals surface area contributed by atoms with Gasteiger partial charge in [-0.05, 0) is 46.2 Å². The minimum absolute atomic E-state index is 0.0440. The van der Waals surface area contributed by atoms with Gasteiger partial charge in [-0.3, -0.25) is 9.78 Å². The smallest absolute Gasteiger partial charge is 0.398 e. The first-order valence-electron chi connectivity index (χ1n) is 9.36. The Morgan fingerprint density at radius 2 is 1.76 bits per heavy atom. The largest absolute Gasteiger partial charge is 0.514 e. The quantitative estimate of drug-likeness (QED) is 0.576. The van der Waals surface area contributed by atoms with Crippen LogP contribution in [0.3, 0.4) is 0 Å². The number of hydrogen-bond acceptors (Lipinski definition) is 4. The first kappa shape index (κ1) is 19.9. The molecule has 0 bridgehead atoms. The van der Waals surface area contributed by atoms with Crippen LogP contribution < -0.4 is 10.9 Å². The molecule has 2 rings (SSSR count). The molecular formula is C19H31BN2O3. The van der Waals surface area contributed by atoms with Gasteiger partial charge in [0.05, 0.1) is 16.8 Å². The molecule has 6 heteroatoms. The van der Waals surface area contributed by atoms with E-state index in [0.717, 1.165) is 18.5 Å². The summed E-state index contributed by atoms with van der Waals surface area (Å²) in [6, 6.07) is 3.63. The predicted molar refractivity (Wildman–Crippen MR) is 102 cm³/mol. The summed E-state index contributed by atoms with van der Waals surface area (Å²) in [5.41, 5.74) is 0.603. The molecular weight excluding hydrogens is 315 g/mol. The molecule has 138 valence electrons. The van der Waals surface area contributed by atoms with Gasteiger partial charge < -0.3 is 14.6 Å². The standard InChI is InChI=1S/C19H31BN2O3/c1-6-7-8-9-10-11-17(23)22-15-12-13-21-16(14-15)20-24-18(2,3)19(4,5)25-20/h12-14H,6-11H2,1-5H3,(H,21,22,23). The fourth-order valence-electron chi connectivity index (χ4n) is 2.73. The van der Waals surface area contributed by atoms with Crippen LogP contribution in [0.1, 0.15) is 73.1 Å². The van der Waals surface area contributed by atoms with Crippen molar-refractivity contribution < 1.29 is 14.1 Å². The molecule has 0 saturated carbocycles. The van der Waals surface area contributed by atoms with E-state index in [1.165, 1.54) is 19.3 Å². The van der Waals surface area contributed by atoms with E-state index in [0.29, 0.717) is 12.0 Å². The Hall–Kier alpha value is -1.40. The molecule has 0 aliphatic carbocycles. The van der Waals surface area contributed by atoms with E-state index >= 15 is 0 Å². The third-order valence-corrected chi connectivity index (χ3v) is 5.07. The van der Waals surface area contributed by atoms with Gasteiger partial charge in [-0.25, -0.2) is 0 Å². The van der Waals surface area contributed by atoms with E-state index in [1.54, 1.807) is 12.3 Å². The van der Waals surface area contributed by atoms with Crippen molar-refractivity contribution in [2.75, 3.05) is 5.32 Å². The first-order chi connectivity index (χ1) is 11.7. The number of aromatic nitrogens is 1. The summed E-state index contributed by atoms with van der Waals surface area (Å²) in [6.45, 7) is 10.2. The second-order valence-electron chi connectivity index (χ2n) is 7.77. The second kappa shape index (κ2) is 8.32. The number of anilines is 1. The number of hydrogen-bond donors (Lipinski definition) is 1. The van der Waals surface area contributed by atoms with Gasteiger partial charge in [0, 0.05) is 18.3 Å². The Bertz CT molecular complexity index is 574. The normalized spacial score (nSPS) is 18.4. The molecule has 1 fully saturated rings. The van der Waals surface area contributed by atoms with Gasteiger partial charge >= 0.3 is 7.12 Å². The van der Waals surface area contributed by atoms with Crippen molar-refractivity contribution >= 4 is 24.3 Å². The van der Waals surface area contributed by atoms with Crippen LogP contribution in [0.5, 0.6) is 0 Å². The van der Waals surface area contributed by atoms with Crippen molar-refractivity contribution in [3.05, 3.63) is 18.3 Å². The number of carbonyl (C=O) groups is 1. The van der Waals surface area contributed by atoms with Crippen LogP contribution in [0.2, 0.25) is 0 Å². The van der Waals surface area contributed by atoms with Gasteiger partial charge in [-0.1, -0.05) is 32.6 Å². The molecule has 25 heavy (non-hydrogen) atoms. The monoisotopic (exact) mass is 346 g/mol. The molecule has 0 aromatic carbocycles. The molecule has 1 N–H and O–H groups in total. The number of nitrogens with zero attached hydrogens (tertiary/aromatic N) is 1. The SMILES string of the molecule is CCCCCCCC(=O)Nc1ccnc(B2OC(C)(C)C(C)(C)O2)c1. The highest BCUT2D eigenvalue weighted by molar-refractivity contribution is 6.61. The predicted octanol–water partition coefficient (Wildman–Crippen LogP) is 3.68. The summed E-state index contributed by atoms with van der Waals surface area (Å²) in [4.78, 5) is 16.4. The zero-order valence-electron chi connectivity index (χ0n) is 16.2. The molecule has 5 nitrogen and oxygen atoms in total. The third kappa shape index (κ3) is 5.29. The Balaban J connectivity index is 1.90. The number of amides is 1. The number of rotatable bonds is 8. The van der Waals surface area contributed by atoms with Gasteiger partial charge in [0.15, 0.2) is 0 Å². The molecule has 1 saturated heterocycles. The molecule has 1 aliphatic heterocycles. The molecule has 1 amide bonds. The fourth-order valence-corrected chi connectivity index (χ4v) is 2.73. The lowest BCUT2D eigenvalue weighted by molar-refractivity contribution is -0.116. The van der Waals surface area contributed by atoms with E-state index in [1.807, 2.05) is 33.8 Å². The molecule has 0 atom stereocenters. The fraction of sp³-hybridized carbons (Fsp3) is 0.684. The maximum Gasteiger partial charge on any atom is 0.514 e. The van der Waals surface area contributed by atoms with Crippen molar-refractivity contribution in [2.24, 2.45) is 0 Å². The molecule has 1 aromatic rings. The van der Waals surface area contributed by atoms with E-state index in [9.17, 15) is 4.79 Å². The van der Waals surface area contributed by atoms with Gasteiger partial charge in [0.1, 0.15) is 0 Å². The average Bonchev–Trinajstić information content (AvgIpc) is 2.75. The van der Waals surface area contributed by atoms with Crippen molar-refractivity contribution in [3.8, 4) is 0 Å². The molecule has 0 unspecified atom stereocenters. The second-order valence-corrected chi connectivity index (χ2v) is 7.77. The highest BCUT2D eigenvalue weighted by atomic mass is 16.7. The number of nitrogens with one attached hydrogen (secondary N) is 1. The van der Waals surface area contributed by atoms with Crippen LogP contribution in [-0.4, -0.2) is 29.2 Å². The maximum atomic E-state index is 12.1. The third-order valence-electron chi connectivity index (χ3n) is 5.07. The first-order valence-corrected chi connectivity index (χ1v) is 9.36. The summed E-state index contributed by atoms with van der Waals surface area (Å²) in [5.74, 6) is 0.0440. The Morgan fingerprint density at radius 1 is 1.12 bits per heavy atom. The minimum Gasteiger partial charge on any atom is -0.398 e. The van der Waals surface area contributed by atoms with Crippen molar-refractivity contribution in [1.82, 2.24) is 4.98 Å². The lowest BCUT2D eigenvalue weighted by Crippen LogP contribution is -2.41. The van der Waals surface area contributed by atoms with Crippen molar-refractivity contribution in [2.45, 2.75) is 84.3 Å². The zero-order valence-corrected chi connectivity index (χ0v) is 16.2. The van der Waals surface area contributed by atoms with E-state index in [-0.39, 0.29) is 5.91 Å². The molecule has 1 aromatic heterocycles. The highest BCUT2D eigenvalue weighted by Gasteiger charge is 2.52. The Morgan fingerprint density at radius 3 is 2.40 bits per heavy atom. The number of unbranched alkanes of at least 4 members (excludes halogenated alkanes) is 4. The molecule has 1 aliphatic rings. The van der Waals surface area contributed by atoms with Crippen molar-refractivity contribution in [1.29, 1.82) is 0 Å². The van der Waals surface area contributed by atoms with E-state index in [2.05, 4.69) is 17.2 Å². The van der Waals surface area contributed by atoms with Crippen LogP contribution in [0.25, 0.3) is 0 Å². The summed E-state index contributed by atoms with van der Waals surface area (Å²) < 4.78 is 12.0. The van der Waals surface area contributed by atoms with Crippen LogP contribution in [0.15, 0.2) is 18.3 Å². The van der Waals surface area contributed by atoms with Crippen LogP contribution in [0.4, 0.5) is 5.69 Å². The van der Waals surface area contributed by atoms with Crippen LogP contribution >= 0.6 is 0 Å². The summed E-state index contributed by atoms with van der Waals surface area (Å²) in [6.07, 6.45) is 7.92. The van der Waals surface area contributed by atoms with Crippen LogP contribution in [-0.2, 0) is 14.1 Å². The van der Waals surface area contributed by atoms with Gasteiger partial charge in [0.25, 0.3) is 0 Å².